The Morgan fingerprint density at radius 2 is 0.652 bits per heavy atom. The van der Waals surface area contributed by atoms with Crippen LogP contribution < -0.4 is 5.32 Å². The summed E-state index contributed by atoms with van der Waals surface area (Å²) in [5, 5.41) is 14.2. The number of aliphatic hydroxyl groups is 1. The highest BCUT2D eigenvalue weighted by molar-refractivity contribution is 7.47. The normalized spacial score (nSPS) is 13.7. The third-order valence-corrected chi connectivity index (χ3v) is 20.1. The summed E-state index contributed by atoms with van der Waals surface area (Å²) in [4.78, 5) is 23.5. The predicted octanol–water partition coefficient (Wildman–Crippen LogP) is 26.9. The zero-order valence-corrected chi connectivity index (χ0v) is 63.5. The van der Waals surface area contributed by atoms with Crippen LogP contribution in [0.1, 0.15) is 425 Å². The summed E-state index contributed by atoms with van der Waals surface area (Å²) in [6.07, 6.45) is 101. The number of rotatable bonds is 77. The summed E-state index contributed by atoms with van der Waals surface area (Å²) in [7, 11) is 1.64. The van der Waals surface area contributed by atoms with Crippen LogP contribution in [-0.2, 0) is 18.4 Å². The number of hydrogen-bond acceptors (Lipinski definition) is 5. The van der Waals surface area contributed by atoms with E-state index < -0.39 is 20.0 Å². The highest BCUT2D eigenvalue weighted by Gasteiger charge is 2.28. The molecule has 0 aromatic heterocycles. The molecule has 0 aromatic carbocycles. The van der Waals surface area contributed by atoms with Crippen LogP contribution in [0, 0.1) is 0 Å². The van der Waals surface area contributed by atoms with E-state index in [4.69, 9.17) is 9.05 Å². The quantitative estimate of drug-likeness (QED) is 0.0243. The average Bonchev–Trinajstić information content (AvgIpc) is 2.63. The van der Waals surface area contributed by atoms with Crippen molar-refractivity contribution in [1.29, 1.82) is 0 Å². The Bertz CT molecular complexity index is 1640. The van der Waals surface area contributed by atoms with Gasteiger partial charge in [-0.15, -0.1) is 0 Å². The van der Waals surface area contributed by atoms with Gasteiger partial charge in [0.25, 0.3) is 0 Å². The third-order valence-electron chi connectivity index (χ3n) is 19.1. The zero-order chi connectivity index (χ0) is 66.9. The lowest BCUT2D eigenvalue weighted by molar-refractivity contribution is -0.870. The Hall–Kier alpha value is -1.54. The summed E-state index contributed by atoms with van der Waals surface area (Å²) >= 11 is 0. The fourth-order valence-electron chi connectivity index (χ4n) is 12.8. The number of allylic oxidation sites excluding steroid dienone is 8. The number of hydrogen-bond donors (Lipinski definition) is 3. The minimum atomic E-state index is -4.33. The minimum Gasteiger partial charge on any atom is -0.391 e. The zero-order valence-electron chi connectivity index (χ0n) is 62.6. The second kappa shape index (κ2) is 73.7. The Kier molecular flexibility index (Phi) is 72.5. The molecule has 0 radical (unpaired) electrons. The molecule has 0 aliphatic heterocycles. The summed E-state index contributed by atoms with van der Waals surface area (Å²) < 4.78 is 24.0. The van der Waals surface area contributed by atoms with Crippen molar-refractivity contribution < 1.29 is 32.9 Å². The molecular formula is C83H162N2O6P+. The molecule has 8 nitrogen and oxygen atoms in total. The van der Waals surface area contributed by atoms with E-state index in [2.05, 4.69) is 67.8 Å². The molecule has 0 saturated carbocycles. The smallest absolute Gasteiger partial charge is 0.391 e. The van der Waals surface area contributed by atoms with Crippen LogP contribution in [0.3, 0.4) is 0 Å². The topological polar surface area (TPSA) is 105 Å². The van der Waals surface area contributed by atoms with E-state index in [1.165, 1.54) is 334 Å². The number of nitrogens with one attached hydrogen (secondary N) is 1. The van der Waals surface area contributed by atoms with Crippen molar-refractivity contribution in [2.75, 3.05) is 40.9 Å². The molecule has 0 aromatic rings. The number of phosphoric acid groups is 1. The highest BCUT2D eigenvalue weighted by Crippen LogP contribution is 2.43. The standard InChI is InChI=1S/C83H161N2O6P/c1-6-8-10-12-14-16-18-20-22-24-26-28-30-32-34-36-37-38-39-40-41-42-43-44-45-46-47-49-51-53-55-57-59-61-63-65-67-69-71-73-75-77-83(87)84-81(80-91-92(88,89)90-79-78-85(3,4)5)82(86)76-74-72-70-68-66-64-62-60-58-56-54-52-50-48-35-33-31-29-27-25-23-21-19-17-15-13-11-9-7-2/h8,10,14,16,20,22,26,28,81-82,86H,6-7,9,11-13,15,17-19,21,23-25,27,29-80H2,1-5H3,(H-,84,87,88,89)/p+1/b10-8-,16-14-,22-20-,28-26-. The van der Waals surface area contributed by atoms with Crippen molar-refractivity contribution in [3.8, 4) is 0 Å². The van der Waals surface area contributed by atoms with Crippen molar-refractivity contribution in [2.24, 2.45) is 0 Å². The van der Waals surface area contributed by atoms with Gasteiger partial charge in [-0.25, -0.2) is 4.57 Å². The molecule has 0 saturated heterocycles. The lowest BCUT2D eigenvalue weighted by atomic mass is 10.0. The molecule has 0 aliphatic rings. The van der Waals surface area contributed by atoms with E-state index in [0.29, 0.717) is 23.9 Å². The van der Waals surface area contributed by atoms with Gasteiger partial charge in [0.05, 0.1) is 39.9 Å². The van der Waals surface area contributed by atoms with E-state index in [9.17, 15) is 19.4 Å². The van der Waals surface area contributed by atoms with E-state index >= 15 is 0 Å². The van der Waals surface area contributed by atoms with E-state index in [0.717, 1.165) is 64.2 Å². The Morgan fingerprint density at radius 1 is 0.380 bits per heavy atom. The Balaban J connectivity index is 3.87. The lowest BCUT2D eigenvalue weighted by Crippen LogP contribution is -2.46. The van der Waals surface area contributed by atoms with E-state index in [1.807, 2.05) is 21.1 Å². The maximum Gasteiger partial charge on any atom is 0.472 e. The molecule has 0 spiro atoms. The second-order valence-electron chi connectivity index (χ2n) is 29.5. The first kappa shape index (κ1) is 90.5. The van der Waals surface area contributed by atoms with Gasteiger partial charge in [-0.05, 0) is 51.4 Å². The van der Waals surface area contributed by atoms with Crippen molar-refractivity contribution in [3.05, 3.63) is 48.6 Å². The molecule has 1 amide bonds. The summed E-state index contributed by atoms with van der Waals surface area (Å²) in [5.74, 6) is -0.134. The van der Waals surface area contributed by atoms with Gasteiger partial charge in [-0.2, -0.15) is 0 Å². The number of unbranched alkanes of at least 4 members (excludes halogenated alkanes) is 56. The molecule has 0 heterocycles. The van der Waals surface area contributed by atoms with Crippen LogP contribution in [0.4, 0.5) is 0 Å². The van der Waals surface area contributed by atoms with Gasteiger partial charge in [0.1, 0.15) is 13.2 Å². The molecule has 3 N–H and O–H groups in total. The van der Waals surface area contributed by atoms with Crippen LogP contribution in [-0.4, -0.2) is 73.4 Å². The molecule has 0 bridgehead atoms. The molecule has 3 unspecified atom stereocenters. The van der Waals surface area contributed by atoms with Gasteiger partial charge < -0.3 is 19.8 Å². The first-order valence-corrected chi connectivity index (χ1v) is 42.5. The monoisotopic (exact) mass is 1310 g/mol. The fourth-order valence-corrected chi connectivity index (χ4v) is 13.5. The maximum atomic E-state index is 13.1. The molecule has 0 rings (SSSR count). The lowest BCUT2D eigenvalue weighted by Gasteiger charge is -2.26. The number of likely N-dealkylation sites (N-methyl/N-ethyl adjacent to an activating group) is 1. The average molecular weight is 1320 g/mol. The Labute approximate surface area is 575 Å². The molecule has 0 aliphatic carbocycles. The maximum absolute atomic E-state index is 13.1. The Morgan fingerprint density at radius 3 is 0.957 bits per heavy atom. The van der Waals surface area contributed by atoms with Crippen molar-refractivity contribution in [1.82, 2.24) is 5.32 Å². The van der Waals surface area contributed by atoms with Gasteiger partial charge in [0.15, 0.2) is 0 Å². The van der Waals surface area contributed by atoms with Crippen LogP contribution >= 0.6 is 7.82 Å². The number of aliphatic hydroxyl groups excluding tert-OH is 1. The summed E-state index contributed by atoms with van der Waals surface area (Å²) in [5.41, 5.74) is 0. The van der Waals surface area contributed by atoms with Gasteiger partial charge in [-0.1, -0.05) is 416 Å². The van der Waals surface area contributed by atoms with Crippen LogP contribution in [0.25, 0.3) is 0 Å². The molecule has 544 valence electrons. The first-order valence-electron chi connectivity index (χ1n) is 41.0. The molecule has 0 fully saturated rings. The number of nitrogens with zero attached hydrogens (tertiary/aromatic N) is 1. The predicted molar refractivity (Wildman–Crippen MR) is 406 cm³/mol. The van der Waals surface area contributed by atoms with Crippen molar-refractivity contribution >= 4 is 13.7 Å². The largest absolute Gasteiger partial charge is 0.472 e. The fraction of sp³-hybridized carbons (Fsp3) is 0.892. The van der Waals surface area contributed by atoms with Crippen LogP contribution in [0.5, 0.6) is 0 Å². The number of carbonyl (C=O) groups is 1. The second-order valence-corrected chi connectivity index (χ2v) is 30.9. The number of carbonyl (C=O) groups excluding carboxylic acids is 1. The number of phosphoric ester groups is 1. The van der Waals surface area contributed by atoms with E-state index in [1.54, 1.807) is 0 Å². The van der Waals surface area contributed by atoms with Gasteiger partial charge in [-0.3, -0.25) is 13.8 Å². The SMILES string of the molecule is CC/C=C\C/C=C\C/C=C\C/C=C\CCCCCCCCCCCCCCCCCCCCCCCCCCCCCCC(=O)NC(COP(=O)(O)OCC[N+](C)(C)C)C(O)CCCCCCCCCCCCCCCCCCCCCCCCCCCCCCC. The van der Waals surface area contributed by atoms with Crippen LogP contribution in [0.2, 0.25) is 0 Å². The molecule has 9 heteroatoms. The number of quaternary nitrogens is 1. The third kappa shape index (κ3) is 75.8. The van der Waals surface area contributed by atoms with Crippen LogP contribution in [0.15, 0.2) is 48.6 Å². The van der Waals surface area contributed by atoms with E-state index in [-0.39, 0.29) is 19.1 Å². The van der Waals surface area contributed by atoms with Crippen molar-refractivity contribution in [3.63, 3.8) is 0 Å². The summed E-state index contributed by atoms with van der Waals surface area (Å²) in [6.45, 7) is 4.85. The number of amides is 1. The van der Waals surface area contributed by atoms with Crippen molar-refractivity contribution in [2.45, 2.75) is 437 Å². The highest BCUT2D eigenvalue weighted by atomic mass is 31.2. The van der Waals surface area contributed by atoms with Gasteiger partial charge in [0, 0.05) is 6.42 Å². The minimum absolute atomic E-state index is 0.0776. The summed E-state index contributed by atoms with van der Waals surface area (Å²) in [6, 6.07) is -0.761. The van der Waals surface area contributed by atoms with Gasteiger partial charge >= 0.3 is 7.82 Å². The van der Waals surface area contributed by atoms with Gasteiger partial charge in [0.2, 0.25) is 5.91 Å². The molecule has 3 atom stereocenters. The molecular weight excluding hydrogens is 1150 g/mol. The molecule has 92 heavy (non-hydrogen) atoms. The first-order chi connectivity index (χ1) is 45.0.